The van der Waals surface area contributed by atoms with Gasteiger partial charge in [-0.2, -0.15) is 29.6 Å². The molecule has 0 amide bonds. The number of nitrogens with one attached hydrogen (secondary N) is 7. The van der Waals surface area contributed by atoms with Crippen molar-refractivity contribution in [2.75, 3.05) is 0 Å². The minimum atomic E-state index is -4.47. The van der Waals surface area contributed by atoms with Crippen LogP contribution in [0.15, 0.2) is 267 Å². The zero-order chi connectivity index (χ0) is 101. The van der Waals surface area contributed by atoms with Crippen LogP contribution in [0.4, 0.5) is 13.2 Å². The number of aromatic carboxylic acids is 1. The van der Waals surface area contributed by atoms with Crippen LogP contribution in [0.3, 0.4) is 0 Å². The van der Waals surface area contributed by atoms with Crippen LogP contribution < -0.4 is 33.4 Å². The van der Waals surface area contributed by atoms with Crippen molar-refractivity contribution in [2.24, 2.45) is 0 Å². The Morgan fingerprint density at radius 2 is 0.817 bits per heavy atom. The van der Waals surface area contributed by atoms with Gasteiger partial charge in [-0.3, -0.25) is 59.4 Å². The number of fused-ring (bicyclic) bond motifs is 1. The van der Waals surface area contributed by atoms with Crippen molar-refractivity contribution in [3.05, 3.63) is 393 Å². The number of pyridine rings is 6. The number of imidazole rings is 1. The van der Waals surface area contributed by atoms with E-state index < -0.39 is 23.3 Å². The highest BCUT2D eigenvalue weighted by molar-refractivity contribution is 8.00. The summed E-state index contributed by atoms with van der Waals surface area (Å²) < 4.78 is 46.9. The Kier molecular flexibility index (Phi) is 34.6. The first-order chi connectivity index (χ1) is 68.2. The van der Waals surface area contributed by atoms with Crippen molar-refractivity contribution in [3.8, 4) is 35.0 Å². The number of rotatable bonds is 26. The number of thioether (sulfide) groups is 6. The lowest BCUT2D eigenvalue weighted by Crippen LogP contribution is -2.17. The van der Waals surface area contributed by atoms with Crippen molar-refractivity contribution in [1.82, 2.24) is 139 Å². The molecule has 19 rings (SSSR count). The highest BCUT2D eigenvalue weighted by atomic mass is 32.2. The molecule has 19 aromatic rings. The Morgan fingerprint density at radius 3 is 1.27 bits per heavy atom. The first-order valence-corrected chi connectivity index (χ1v) is 50.3. The van der Waals surface area contributed by atoms with Crippen LogP contribution in [0, 0.1) is 83.1 Å². The quantitative estimate of drug-likeness (QED) is 0.0184. The molecule has 0 aliphatic carbocycles. The van der Waals surface area contributed by atoms with E-state index in [4.69, 9.17) is 5.11 Å². The van der Waals surface area contributed by atoms with E-state index in [0.29, 0.717) is 102 Å². The Morgan fingerprint density at radius 1 is 0.380 bits per heavy atom. The Balaban J connectivity index is 0.000000136. The number of carboxylic acids is 1. The van der Waals surface area contributed by atoms with Crippen molar-refractivity contribution in [1.29, 1.82) is 0 Å². The van der Waals surface area contributed by atoms with Crippen molar-refractivity contribution in [3.63, 3.8) is 0 Å². The zero-order valence-corrected chi connectivity index (χ0v) is 84.1. The second-order valence-electron chi connectivity index (χ2n) is 31.7. The predicted octanol–water partition coefficient (Wildman–Crippen LogP) is 16.8. The maximum absolute atomic E-state index is 12.6. The fourth-order valence-electron chi connectivity index (χ4n) is 13.3. The summed E-state index contributed by atoms with van der Waals surface area (Å²) in [6, 6.07) is 51.7. The van der Waals surface area contributed by atoms with Gasteiger partial charge in [-0.05, 0) is 191 Å². The number of carboxylic acid groups (broad SMARTS) is 1. The number of halogens is 3. The Bertz CT molecular complexity index is 7850. The SMILES string of the molecule is Cc1cc(C)nc(SCc2[nH]n(-c3cc(C(=O)O)ccn3)c(=O)c2C)n1.Cc1cc(C)nc(SCc2[nH]n(-c3ccccn3)c(=O)c2C)n1.Cc1cc(C)nc(SCc2cc(=O)n(-c3ccc(C(F)(F)F)cn3)[nH]2)n1.Cc1ccc(CSCc2cc(=O)n(-c3ccccn3)[nH]2)cc1.Cc1ccc(SCc2cc(=O)n(-c3ccccn3)[nH]2)nc1.Cc1nnc(SCc2[nH]n(-c3nc4ccccc4[nH]3)c(=O)c2C)s1. The van der Waals surface area contributed by atoms with Gasteiger partial charge in [0.15, 0.2) is 48.9 Å². The summed E-state index contributed by atoms with van der Waals surface area (Å²) >= 11 is 10.7. The molecule has 0 saturated heterocycles. The molecule has 36 nitrogen and oxygen atoms in total. The molecule has 46 heteroatoms. The molecule has 2 aromatic carbocycles. The van der Waals surface area contributed by atoms with E-state index in [0.717, 1.165) is 116 Å². The summed E-state index contributed by atoms with van der Waals surface area (Å²) in [5.74, 6) is 5.99. The number of aromatic amines is 7. The van der Waals surface area contributed by atoms with Crippen LogP contribution in [0.5, 0.6) is 0 Å². The molecular formula is C96H93F3N28O8S7. The lowest BCUT2D eigenvalue weighted by molar-refractivity contribution is -0.137. The fourth-order valence-corrected chi connectivity index (χ4v) is 19.6. The fraction of sp³-hybridized carbons (Fsp3) is 0.208. The molecule has 0 saturated carbocycles. The van der Waals surface area contributed by atoms with Gasteiger partial charge in [0.2, 0.25) is 5.95 Å². The van der Waals surface area contributed by atoms with Crippen LogP contribution in [-0.2, 0) is 46.4 Å². The normalized spacial score (nSPS) is 11.1. The van der Waals surface area contributed by atoms with Gasteiger partial charge >= 0.3 is 12.1 Å². The predicted molar refractivity (Wildman–Crippen MR) is 545 cm³/mol. The molecule has 142 heavy (non-hydrogen) atoms. The summed E-state index contributed by atoms with van der Waals surface area (Å²) in [4.78, 5) is 143. The average Bonchev–Trinajstić information content (AvgIpc) is 1.64. The molecule has 0 fully saturated rings. The number of hydrogen-bond acceptors (Lipinski definition) is 29. The van der Waals surface area contributed by atoms with Gasteiger partial charge in [-0.1, -0.05) is 125 Å². The summed E-state index contributed by atoms with van der Waals surface area (Å²) in [6.45, 7) is 22.8. The maximum Gasteiger partial charge on any atom is 0.417 e. The maximum atomic E-state index is 12.6. The van der Waals surface area contributed by atoms with Crippen molar-refractivity contribution in [2.45, 2.75) is 154 Å². The number of hydrogen-bond donors (Lipinski definition) is 8. The van der Waals surface area contributed by atoms with Crippen LogP contribution in [0.1, 0.15) is 123 Å². The molecule has 0 aliphatic rings. The third-order valence-corrected chi connectivity index (χ3v) is 27.1. The molecule has 8 N–H and O–H groups in total. The standard InChI is InChI=1S/C17H17N5O3S.C17H17N3OS.C16H14F3N5OS.C16H17N5OS.C15H14N6OS2.C15H14N4OS/c1-9-6-10(2)20-17(19-9)26-8-13-11(3)15(23)22(21-13)14-7-12(16(24)25)4-5-18-14;1-13-5-7-14(8-6-13)11-22-12-15-10-17(21)20(19-15)16-4-2-3-9-18-16;1-9-5-10(2)22-15(21-9)26-8-12-6-14(25)24(23-12)13-4-3-11(7-20-13)16(17,18)19;1-10-8-11(2)19-16(18-10)23-9-13-12(3)15(22)21(20-13)14-6-4-5-7-17-14;1-8-12(7-23-15-19-18-9(2)24-15)20-21(13(8)22)14-16-10-5-3-4-6-11(10)17-14;1-11-5-6-14(17-9-11)21-10-12-8-15(20)19(18-12)13-4-2-3-7-16-13/h4-7,21H,8H2,1-3H3,(H,24,25);2-10,19H,11-12H2,1H3;3-7,23H,8H2,1-2H3;4-8,20H,9H2,1-3H3;3-6,20H,7H2,1-2H3,(H,16,17);2-9,18H,10H2,1H3. The van der Waals surface area contributed by atoms with Crippen molar-refractivity contribution < 1.29 is 23.1 Å². The van der Waals surface area contributed by atoms with E-state index in [1.54, 1.807) is 102 Å². The molecule has 0 atom stereocenters. The number of alkyl halides is 3. The van der Waals surface area contributed by atoms with E-state index >= 15 is 0 Å². The number of nitrogens with zero attached hydrogens (tertiary/aromatic N) is 21. The lowest BCUT2D eigenvalue weighted by Gasteiger charge is -2.07. The topological polar surface area (TPSA) is 473 Å². The van der Waals surface area contributed by atoms with Crippen molar-refractivity contribution >= 4 is 98.9 Å². The number of aromatic nitrogens is 28. The first kappa shape index (κ1) is 103. The molecule has 0 bridgehead atoms. The van der Waals surface area contributed by atoms with E-state index in [9.17, 15) is 46.7 Å². The Hall–Kier alpha value is -15.0. The molecule has 0 unspecified atom stereocenters. The van der Waals surface area contributed by atoms with Gasteiger partial charge in [0.25, 0.3) is 33.4 Å². The van der Waals surface area contributed by atoms with Gasteiger partial charge in [0.05, 0.1) is 44.3 Å². The molecule has 0 aliphatic heterocycles. The summed E-state index contributed by atoms with van der Waals surface area (Å²) in [6.07, 6.45) is 4.42. The monoisotopic (exact) mass is 2050 g/mol. The highest BCUT2D eigenvalue weighted by Crippen LogP contribution is 2.31. The van der Waals surface area contributed by atoms with Crippen LogP contribution in [0.25, 0.3) is 46.1 Å². The minimum absolute atomic E-state index is 0.0636. The van der Waals surface area contributed by atoms with Gasteiger partial charge in [-0.15, -0.1) is 22.0 Å². The second-order valence-corrected chi connectivity index (χ2v) is 38.9. The summed E-state index contributed by atoms with van der Waals surface area (Å²) in [5, 5.41) is 39.3. The van der Waals surface area contributed by atoms with E-state index in [1.165, 1.54) is 94.2 Å². The average molecular weight is 2050 g/mol. The molecular weight excluding hydrogens is 1950 g/mol. The third-order valence-electron chi connectivity index (χ3n) is 20.4. The van der Waals surface area contributed by atoms with Crippen LogP contribution >= 0.6 is 81.9 Å². The molecule has 17 aromatic heterocycles. The number of para-hydroxylation sites is 2. The highest BCUT2D eigenvalue weighted by Gasteiger charge is 2.31. The molecule has 728 valence electrons. The number of benzene rings is 2. The molecule has 17 heterocycles. The molecule has 0 spiro atoms. The lowest BCUT2D eigenvalue weighted by atomic mass is 10.2. The minimum Gasteiger partial charge on any atom is -0.478 e. The van der Waals surface area contributed by atoms with Gasteiger partial charge in [-0.25, -0.2) is 93.0 Å². The number of aryl methyl sites for hydroxylation is 9. The smallest absolute Gasteiger partial charge is 0.417 e. The molecule has 0 radical (unpaired) electrons. The van der Waals surface area contributed by atoms with Gasteiger partial charge in [0.1, 0.15) is 5.01 Å². The van der Waals surface area contributed by atoms with E-state index in [1.807, 2.05) is 166 Å². The number of H-pyrrole nitrogens is 7. The third kappa shape index (κ3) is 28.0. The van der Waals surface area contributed by atoms with E-state index in [2.05, 4.69) is 142 Å². The summed E-state index contributed by atoms with van der Waals surface area (Å²) in [7, 11) is 0. The Labute approximate surface area is 837 Å². The van der Waals surface area contributed by atoms with Crippen LogP contribution in [-0.4, -0.2) is 150 Å². The van der Waals surface area contributed by atoms with Gasteiger partial charge < -0.3 is 10.1 Å². The van der Waals surface area contributed by atoms with E-state index in [-0.39, 0.29) is 45.0 Å². The van der Waals surface area contributed by atoms with Crippen LogP contribution in [0.2, 0.25) is 0 Å². The second kappa shape index (κ2) is 47.8. The first-order valence-electron chi connectivity index (χ1n) is 43.4. The number of carbonyl (C=O) groups is 1. The zero-order valence-electron chi connectivity index (χ0n) is 78.3. The summed E-state index contributed by atoms with van der Waals surface area (Å²) in [5.41, 5.74) is 15.6. The van der Waals surface area contributed by atoms with Gasteiger partial charge in [0, 0.05) is 164 Å². The largest absolute Gasteiger partial charge is 0.478 e.